The van der Waals surface area contributed by atoms with E-state index in [1.807, 2.05) is 45.0 Å². The molecule has 0 saturated heterocycles. The fourth-order valence-electron chi connectivity index (χ4n) is 3.34. The molecule has 2 N–H and O–H groups in total. The van der Waals surface area contributed by atoms with E-state index < -0.39 is 16.6 Å². The number of pyridine rings is 1. The molecule has 2 unspecified atom stereocenters. The van der Waals surface area contributed by atoms with Gasteiger partial charge in [0.2, 0.25) is 0 Å². The third-order valence-electron chi connectivity index (χ3n) is 4.45. The molecule has 3 rings (SSSR count). The number of anilines is 1. The van der Waals surface area contributed by atoms with Gasteiger partial charge >= 0.3 is 11.8 Å². The van der Waals surface area contributed by atoms with Crippen LogP contribution in [0.4, 0.5) is 16.2 Å². The van der Waals surface area contributed by atoms with Gasteiger partial charge in [0.15, 0.2) is 0 Å². The lowest BCUT2D eigenvalue weighted by Gasteiger charge is -2.22. The number of hydrogen-bond acceptors (Lipinski definition) is 6. The van der Waals surface area contributed by atoms with Crippen LogP contribution in [0.5, 0.6) is 0 Å². The Bertz CT molecular complexity index is 862. The molecule has 2 atom stereocenters. The summed E-state index contributed by atoms with van der Waals surface area (Å²) in [6.45, 7) is 5.46. The molecule has 8 heteroatoms. The number of ether oxygens (including phenoxy) is 1. The number of nitro groups is 1. The van der Waals surface area contributed by atoms with Gasteiger partial charge in [-0.05, 0) is 46.1 Å². The van der Waals surface area contributed by atoms with Crippen molar-refractivity contribution in [3.8, 4) is 0 Å². The SMILES string of the molecule is CC(C)(C)OC(=O)NC1CCC(Nc2c([N+](=O)[O-])cnc3ccccc23)C1. The van der Waals surface area contributed by atoms with Crippen LogP contribution in [0.25, 0.3) is 10.9 Å². The number of fused-ring (bicyclic) bond motifs is 1. The van der Waals surface area contributed by atoms with Gasteiger partial charge in [-0.3, -0.25) is 10.1 Å². The molecule has 0 bridgehead atoms. The second-order valence-corrected chi connectivity index (χ2v) is 7.79. The Morgan fingerprint density at radius 1 is 1.26 bits per heavy atom. The van der Waals surface area contributed by atoms with E-state index in [9.17, 15) is 14.9 Å². The predicted molar refractivity (Wildman–Crippen MR) is 103 cm³/mol. The summed E-state index contributed by atoms with van der Waals surface area (Å²) in [5.74, 6) is 0. The van der Waals surface area contributed by atoms with E-state index in [1.165, 1.54) is 6.20 Å². The molecule has 1 amide bonds. The maximum Gasteiger partial charge on any atom is 0.407 e. The van der Waals surface area contributed by atoms with Gasteiger partial charge in [0.25, 0.3) is 0 Å². The minimum atomic E-state index is -0.545. The zero-order chi connectivity index (χ0) is 19.6. The number of nitrogens with one attached hydrogen (secondary N) is 2. The van der Waals surface area contributed by atoms with Gasteiger partial charge in [-0.2, -0.15) is 0 Å². The normalized spacial score (nSPS) is 19.7. The molecule has 0 spiro atoms. The lowest BCUT2D eigenvalue weighted by atomic mass is 10.1. The number of carbonyl (C=O) groups excluding carboxylic acids is 1. The summed E-state index contributed by atoms with van der Waals surface area (Å²) in [5.41, 5.74) is 0.592. The van der Waals surface area contributed by atoms with Gasteiger partial charge < -0.3 is 15.4 Å². The summed E-state index contributed by atoms with van der Waals surface area (Å²) in [5, 5.41) is 18.3. The average Bonchev–Trinajstić information content (AvgIpc) is 3.00. The van der Waals surface area contributed by atoms with Crippen LogP contribution in [0.2, 0.25) is 0 Å². The Hall–Kier alpha value is -2.90. The van der Waals surface area contributed by atoms with Crippen LogP contribution in [0.1, 0.15) is 40.0 Å². The predicted octanol–water partition coefficient (Wildman–Crippen LogP) is 4.00. The molecule has 1 aromatic heterocycles. The lowest BCUT2D eigenvalue weighted by Crippen LogP contribution is -2.38. The molecule has 1 aliphatic carbocycles. The second kappa shape index (κ2) is 7.38. The number of para-hydroxylation sites is 1. The first-order valence-corrected chi connectivity index (χ1v) is 9.01. The van der Waals surface area contributed by atoms with Gasteiger partial charge in [0.1, 0.15) is 17.5 Å². The van der Waals surface area contributed by atoms with E-state index in [0.29, 0.717) is 17.6 Å². The molecule has 1 saturated carbocycles. The zero-order valence-electron chi connectivity index (χ0n) is 15.7. The smallest absolute Gasteiger partial charge is 0.407 e. The molecular formula is C19H24N4O4. The third-order valence-corrected chi connectivity index (χ3v) is 4.45. The quantitative estimate of drug-likeness (QED) is 0.620. The van der Waals surface area contributed by atoms with Gasteiger partial charge in [-0.25, -0.2) is 9.78 Å². The van der Waals surface area contributed by atoms with Crippen LogP contribution in [-0.4, -0.2) is 33.7 Å². The van der Waals surface area contributed by atoms with Crippen LogP contribution in [0.15, 0.2) is 30.5 Å². The minimum Gasteiger partial charge on any atom is -0.444 e. The van der Waals surface area contributed by atoms with Crippen LogP contribution in [0, 0.1) is 10.1 Å². The first-order chi connectivity index (χ1) is 12.7. The highest BCUT2D eigenvalue weighted by Crippen LogP contribution is 2.34. The first kappa shape index (κ1) is 18.9. The number of rotatable bonds is 4. The van der Waals surface area contributed by atoms with E-state index in [1.54, 1.807) is 0 Å². The fourth-order valence-corrected chi connectivity index (χ4v) is 3.34. The number of nitrogens with zero attached hydrogens (tertiary/aromatic N) is 2. The van der Waals surface area contributed by atoms with Crippen molar-refractivity contribution in [1.29, 1.82) is 0 Å². The standard InChI is InChI=1S/C19H24N4O4/c1-19(2,3)27-18(24)22-13-9-8-12(10-13)21-17-14-6-4-5-7-15(14)20-11-16(17)23(25)26/h4-7,11-13H,8-10H2,1-3H3,(H,20,21)(H,22,24). The maximum atomic E-state index is 11.9. The van der Waals surface area contributed by atoms with Crippen LogP contribution < -0.4 is 10.6 Å². The number of carbonyl (C=O) groups is 1. The fraction of sp³-hybridized carbons (Fsp3) is 0.474. The van der Waals surface area contributed by atoms with E-state index in [-0.39, 0.29) is 17.8 Å². The monoisotopic (exact) mass is 372 g/mol. The van der Waals surface area contributed by atoms with Crippen molar-refractivity contribution in [2.75, 3.05) is 5.32 Å². The van der Waals surface area contributed by atoms with Crippen LogP contribution in [-0.2, 0) is 4.74 Å². The number of hydrogen-bond donors (Lipinski definition) is 2. The van der Waals surface area contributed by atoms with Gasteiger partial charge in [-0.1, -0.05) is 18.2 Å². The van der Waals surface area contributed by atoms with Crippen molar-refractivity contribution in [1.82, 2.24) is 10.3 Å². The topological polar surface area (TPSA) is 106 Å². The Morgan fingerprint density at radius 2 is 1.96 bits per heavy atom. The molecule has 0 radical (unpaired) electrons. The molecular weight excluding hydrogens is 348 g/mol. The Labute approximate surface area is 157 Å². The van der Waals surface area contributed by atoms with Crippen molar-refractivity contribution in [3.63, 3.8) is 0 Å². The highest BCUT2D eigenvalue weighted by atomic mass is 16.6. The largest absolute Gasteiger partial charge is 0.444 e. The summed E-state index contributed by atoms with van der Waals surface area (Å²) in [6, 6.07) is 7.33. The number of alkyl carbamates (subject to hydrolysis) is 1. The molecule has 2 aromatic rings. The summed E-state index contributed by atoms with van der Waals surface area (Å²) >= 11 is 0. The molecule has 144 valence electrons. The Morgan fingerprint density at radius 3 is 2.67 bits per heavy atom. The number of aromatic nitrogens is 1. The molecule has 1 heterocycles. The van der Waals surface area contributed by atoms with Crippen molar-refractivity contribution in [2.24, 2.45) is 0 Å². The van der Waals surface area contributed by atoms with Gasteiger partial charge in [0.05, 0.1) is 10.4 Å². The number of amides is 1. The van der Waals surface area contributed by atoms with E-state index in [4.69, 9.17) is 4.74 Å². The highest BCUT2D eigenvalue weighted by Gasteiger charge is 2.29. The molecule has 1 aromatic carbocycles. The minimum absolute atomic E-state index is 0.0226. The van der Waals surface area contributed by atoms with E-state index >= 15 is 0 Å². The van der Waals surface area contributed by atoms with Crippen molar-refractivity contribution in [3.05, 3.63) is 40.6 Å². The Balaban J connectivity index is 1.72. The molecule has 1 fully saturated rings. The maximum absolute atomic E-state index is 11.9. The summed E-state index contributed by atoms with van der Waals surface area (Å²) in [4.78, 5) is 27.1. The van der Waals surface area contributed by atoms with Crippen molar-refractivity contribution < 1.29 is 14.5 Å². The molecule has 27 heavy (non-hydrogen) atoms. The summed E-state index contributed by atoms with van der Waals surface area (Å²) < 4.78 is 5.29. The summed E-state index contributed by atoms with van der Waals surface area (Å²) in [6.07, 6.45) is 3.11. The molecule has 0 aliphatic heterocycles. The molecule has 8 nitrogen and oxygen atoms in total. The van der Waals surface area contributed by atoms with Gasteiger partial charge in [-0.15, -0.1) is 0 Å². The average molecular weight is 372 g/mol. The third kappa shape index (κ3) is 4.64. The Kier molecular flexibility index (Phi) is 5.16. The molecule has 1 aliphatic rings. The second-order valence-electron chi connectivity index (χ2n) is 7.79. The summed E-state index contributed by atoms with van der Waals surface area (Å²) in [7, 11) is 0. The van der Waals surface area contributed by atoms with Crippen LogP contribution in [0.3, 0.4) is 0 Å². The van der Waals surface area contributed by atoms with Crippen molar-refractivity contribution in [2.45, 2.75) is 57.7 Å². The lowest BCUT2D eigenvalue weighted by molar-refractivity contribution is -0.384. The van der Waals surface area contributed by atoms with E-state index in [0.717, 1.165) is 18.2 Å². The van der Waals surface area contributed by atoms with Crippen LogP contribution >= 0.6 is 0 Å². The van der Waals surface area contributed by atoms with E-state index in [2.05, 4.69) is 15.6 Å². The first-order valence-electron chi connectivity index (χ1n) is 9.01. The van der Waals surface area contributed by atoms with Crippen molar-refractivity contribution >= 4 is 28.4 Å². The highest BCUT2D eigenvalue weighted by molar-refractivity contribution is 5.95. The van der Waals surface area contributed by atoms with Gasteiger partial charge in [0, 0.05) is 17.5 Å². The number of benzene rings is 1. The zero-order valence-corrected chi connectivity index (χ0v) is 15.7.